The van der Waals surface area contributed by atoms with Crippen LogP contribution in [0.3, 0.4) is 0 Å². The Balaban J connectivity index is 1.06. The molecule has 2 heterocycles. The number of carboxylic acid groups (broad SMARTS) is 1. The largest absolute Gasteiger partial charge is 0.528 e. The van der Waals surface area contributed by atoms with Crippen LogP contribution in [0.2, 0.25) is 10.0 Å². The van der Waals surface area contributed by atoms with Crippen LogP contribution in [0.4, 0.5) is 10.5 Å². The number of hydrogen-bond donors (Lipinski definition) is 3. The van der Waals surface area contributed by atoms with Crippen molar-refractivity contribution >= 4 is 52.8 Å². The number of carbonyl (C=O) groups is 4. The van der Waals surface area contributed by atoms with Gasteiger partial charge in [-0.15, -0.1) is 5.06 Å². The number of aliphatic carboxylic acids is 1. The van der Waals surface area contributed by atoms with Crippen molar-refractivity contribution in [3.05, 3.63) is 147 Å². The topological polar surface area (TPSA) is 177 Å². The Morgan fingerprint density at radius 3 is 2.23 bits per heavy atom. The van der Waals surface area contributed by atoms with E-state index in [-0.39, 0.29) is 26.0 Å². The highest BCUT2D eigenvalue weighted by Crippen LogP contribution is 2.40. The third-order valence-corrected chi connectivity index (χ3v) is 10.7. The number of carboxylic acids is 1. The third-order valence-electron chi connectivity index (χ3n) is 9.94. The maximum absolute atomic E-state index is 14.0. The van der Waals surface area contributed by atoms with Crippen LogP contribution in [0.25, 0.3) is 11.1 Å². The first-order valence-electron chi connectivity index (χ1n) is 19.2. The summed E-state index contributed by atoms with van der Waals surface area (Å²) in [6.45, 7) is 5.19. The second-order valence-corrected chi connectivity index (χ2v) is 16.4. The lowest BCUT2D eigenvalue weighted by molar-refractivity contribution is -0.182. The zero-order chi connectivity index (χ0) is 43.4. The minimum atomic E-state index is -1.32. The van der Waals surface area contributed by atoms with Crippen molar-refractivity contribution in [2.45, 2.75) is 70.6 Å². The van der Waals surface area contributed by atoms with Crippen molar-refractivity contribution in [1.82, 2.24) is 10.4 Å². The Morgan fingerprint density at radius 2 is 1.59 bits per heavy atom. The van der Waals surface area contributed by atoms with Crippen LogP contribution in [-0.2, 0) is 50.0 Å². The van der Waals surface area contributed by atoms with Gasteiger partial charge >= 0.3 is 12.1 Å². The molecule has 7 rings (SSSR count). The number of hydroxylamine groups is 2. The van der Waals surface area contributed by atoms with Crippen molar-refractivity contribution in [2.24, 2.45) is 0 Å². The van der Waals surface area contributed by atoms with Gasteiger partial charge in [0.25, 0.3) is 5.91 Å². The lowest BCUT2D eigenvalue weighted by Crippen LogP contribution is -2.55. The van der Waals surface area contributed by atoms with Crippen LogP contribution < -0.4 is 20.1 Å². The number of carbonyl (C=O) groups excluding carboxylic acids is 3. The summed E-state index contributed by atoms with van der Waals surface area (Å²) in [5, 5.41) is 26.9. The summed E-state index contributed by atoms with van der Waals surface area (Å²) in [5.74, 6) is -1.44. The van der Waals surface area contributed by atoms with E-state index in [0.29, 0.717) is 55.0 Å². The van der Waals surface area contributed by atoms with E-state index in [1.165, 1.54) is 5.06 Å². The van der Waals surface area contributed by atoms with Gasteiger partial charge in [0, 0.05) is 18.4 Å². The zero-order valence-corrected chi connectivity index (χ0v) is 34.8. The first-order valence-corrected chi connectivity index (χ1v) is 20.0. The fourth-order valence-electron chi connectivity index (χ4n) is 6.88. The van der Waals surface area contributed by atoms with Gasteiger partial charge in [-0.3, -0.25) is 9.59 Å². The summed E-state index contributed by atoms with van der Waals surface area (Å²) in [4.78, 5) is 58.5. The van der Waals surface area contributed by atoms with E-state index in [0.717, 1.165) is 16.7 Å². The van der Waals surface area contributed by atoms with Gasteiger partial charge in [-0.2, -0.15) is 5.26 Å². The predicted octanol–water partition coefficient (Wildman–Crippen LogP) is 8.59. The normalized spacial score (nSPS) is 16.4. The fraction of sp³-hybridized carbons (Fsp3) is 0.239. The van der Waals surface area contributed by atoms with Crippen LogP contribution in [-0.4, -0.2) is 51.8 Å². The number of nitrogens with one attached hydrogen (secondary N) is 2. The van der Waals surface area contributed by atoms with E-state index >= 15 is 0 Å². The summed E-state index contributed by atoms with van der Waals surface area (Å²) < 4.78 is 17.5. The minimum Gasteiger partial charge on any atom is -0.489 e. The van der Waals surface area contributed by atoms with Crippen LogP contribution in [0.5, 0.6) is 11.5 Å². The molecule has 0 spiro atoms. The molecule has 0 radical (unpaired) electrons. The molecule has 3 N–H and O–H groups in total. The maximum atomic E-state index is 14.0. The number of rotatable bonds is 11. The molecule has 0 aromatic heterocycles. The van der Waals surface area contributed by atoms with Gasteiger partial charge in [-0.1, -0.05) is 77.8 Å². The van der Waals surface area contributed by atoms with E-state index in [1.807, 2.05) is 30.3 Å². The fourth-order valence-corrected chi connectivity index (χ4v) is 7.20. The predicted molar refractivity (Wildman–Crippen MR) is 226 cm³/mol. The molecule has 5 aromatic rings. The smallest absolute Gasteiger partial charge is 0.489 e. The van der Waals surface area contributed by atoms with Crippen molar-refractivity contribution in [1.29, 1.82) is 5.26 Å². The SMILES string of the molecule is CC(C)(C)OC(=O)ON1Cc2cc3c(cc2CC1C(=O)N[C@@H](Cc1ccc(-c2ccc(C#N)cc2)cc1)C(=O)O)NC(=O)[C@H](c1ccc(OCc2ccc(Cl)c(Cl)c2)cc1)O3. The number of halogens is 2. The monoisotopic (exact) mass is 862 g/mol. The number of nitrogens with zero attached hydrogens (tertiary/aromatic N) is 2. The van der Waals surface area contributed by atoms with Crippen molar-refractivity contribution in [3.8, 4) is 28.7 Å². The van der Waals surface area contributed by atoms with Gasteiger partial charge < -0.3 is 34.8 Å². The van der Waals surface area contributed by atoms with Gasteiger partial charge in [-0.25, -0.2) is 9.59 Å². The number of fused-ring (bicyclic) bond motifs is 2. The Morgan fingerprint density at radius 1 is 0.918 bits per heavy atom. The highest BCUT2D eigenvalue weighted by atomic mass is 35.5. The molecule has 312 valence electrons. The maximum Gasteiger partial charge on any atom is 0.528 e. The minimum absolute atomic E-state index is 0.00808. The van der Waals surface area contributed by atoms with Crippen molar-refractivity contribution in [2.75, 3.05) is 5.32 Å². The molecule has 0 bridgehead atoms. The number of nitriles is 1. The average molecular weight is 864 g/mol. The first-order chi connectivity index (χ1) is 29.1. The third kappa shape index (κ3) is 10.4. The molecule has 15 heteroatoms. The van der Waals surface area contributed by atoms with Crippen LogP contribution in [0.15, 0.2) is 103 Å². The van der Waals surface area contributed by atoms with Crippen LogP contribution >= 0.6 is 23.2 Å². The second kappa shape index (κ2) is 17.9. The van der Waals surface area contributed by atoms with E-state index in [4.69, 9.17) is 47.5 Å². The Kier molecular flexibility index (Phi) is 12.5. The first kappa shape index (κ1) is 42.5. The van der Waals surface area contributed by atoms with Crippen LogP contribution in [0, 0.1) is 11.3 Å². The molecule has 0 fully saturated rings. The number of hydrogen-bond acceptors (Lipinski definition) is 10. The Labute approximate surface area is 361 Å². The molecule has 0 saturated carbocycles. The molecule has 61 heavy (non-hydrogen) atoms. The standard InChI is InChI=1S/C46H40Cl2N4O9/c1-46(2,3)60-45(57)61-52-24-33-22-40-37(50-43(54)41(59-40)31-13-15-34(16-14-31)58-25-28-8-17-35(47)36(48)18-28)20-32(33)21-39(52)42(53)51-38(44(55)56)19-26-4-9-29(10-5-26)30-11-6-27(23-49)7-12-30/h4-18,20,22,38-39,41H,19,21,24-25H2,1-3H3,(H,50,54)(H,51,53)(H,55,56)/t38-,39?,41-/m0/s1. The molecule has 13 nitrogen and oxygen atoms in total. The second-order valence-electron chi connectivity index (χ2n) is 15.6. The lowest BCUT2D eigenvalue weighted by atomic mass is 9.93. The highest BCUT2D eigenvalue weighted by Gasteiger charge is 2.39. The molecule has 2 amide bonds. The summed E-state index contributed by atoms with van der Waals surface area (Å²) in [7, 11) is 0. The average Bonchev–Trinajstić information content (AvgIpc) is 3.22. The molecule has 1 unspecified atom stereocenters. The molecule has 3 atom stereocenters. The summed E-state index contributed by atoms with van der Waals surface area (Å²) in [6.07, 6.45) is -2.08. The summed E-state index contributed by atoms with van der Waals surface area (Å²) >= 11 is 12.1. The highest BCUT2D eigenvalue weighted by molar-refractivity contribution is 6.42. The quantitative estimate of drug-likeness (QED) is 0.108. The van der Waals surface area contributed by atoms with Gasteiger partial charge in [0.05, 0.1) is 33.9 Å². The van der Waals surface area contributed by atoms with Crippen LogP contribution in [0.1, 0.15) is 60.3 Å². The summed E-state index contributed by atoms with van der Waals surface area (Å²) in [5.41, 5.74) is 5.14. The van der Waals surface area contributed by atoms with Gasteiger partial charge in [0.1, 0.15) is 35.8 Å². The number of anilines is 1. The molecule has 2 aliphatic heterocycles. The zero-order valence-electron chi connectivity index (χ0n) is 33.2. The van der Waals surface area contributed by atoms with Gasteiger partial charge in [-0.05, 0) is 103 Å². The molecule has 0 saturated heterocycles. The molecule has 5 aromatic carbocycles. The number of benzene rings is 5. The van der Waals surface area contributed by atoms with E-state index in [2.05, 4.69) is 16.7 Å². The van der Waals surface area contributed by atoms with Crippen molar-refractivity contribution < 1.29 is 43.3 Å². The molecule has 0 aliphatic carbocycles. The molecule has 2 aliphatic rings. The van der Waals surface area contributed by atoms with E-state index in [1.54, 1.807) is 93.6 Å². The van der Waals surface area contributed by atoms with E-state index < -0.39 is 47.7 Å². The Hall–Kier alpha value is -6.59. The number of ether oxygens (including phenoxy) is 3. The number of amides is 2. The van der Waals surface area contributed by atoms with Crippen molar-refractivity contribution in [3.63, 3.8) is 0 Å². The van der Waals surface area contributed by atoms with E-state index in [9.17, 15) is 24.3 Å². The van der Waals surface area contributed by atoms with Gasteiger partial charge in [0.2, 0.25) is 12.0 Å². The lowest BCUT2D eigenvalue weighted by Gasteiger charge is -2.36. The molecular weight excluding hydrogens is 823 g/mol. The molecular formula is C46H40Cl2N4O9. The van der Waals surface area contributed by atoms with Gasteiger partial charge in [0.15, 0.2) is 0 Å². The Bertz CT molecular complexity index is 2520. The summed E-state index contributed by atoms with van der Waals surface area (Å²) in [6, 6.07) is 29.5.